The van der Waals surface area contributed by atoms with Crippen molar-refractivity contribution in [3.05, 3.63) is 41.5 Å². The number of nitrogens with zero attached hydrogens (tertiary/aromatic N) is 2. The summed E-state index contributed by atoms with van der Waals surface area (Å²) in [6, 6.07) is 4.64. The zero-order valence-corrected chi connectivity index (χ0v) is 10.4. The van der Waals surface area contributed by atoms with Gasteiger partial charge in [-0.1, -0.05) is 6.07 Å². The number of ether oxygens (including phenoxy) is 1. The first-order chi connectivity index (χ1) is 9.54. The summed E-state index contributed by atoms with van der Waals surface area (Å²) < 4.78 is 31.5. The maximum absolute atomic E-state index is 13.6. The Hall–Kier alpha value is -2.57. The second-order valence-electron chi connectivity index (χ2n) is 3.79. The van der Waals surface area contributed by atoms with Gasteiger partial charge in [0.1, 0.15) is 5.56 Å². The first-order valence-electron chi connectivity index (χ1n) is 5.72. The van der Waals surface area contributed by atoms with Crippen molar-refractivity contribution >= 4 is 5.97 Å². The number of aromatic hydroxyl groups is 1. The Morgan fingerprint density at radius 3 is 2.80 bits per heavy atom. The summed E-state index contributed by atoms with van der Waals surface area (Å²) in [4.78, 5) is 11.6. The number of benzene rings is 1. The summed E-state index contributed by atoms with van der Waals surface area (Å²) >= 11 is 0. The van der Waals surface area contributed by atoms with Gasteiger partial charge in [-0.2, -0.15) is 0 Å². The first-order valence-corrected chi connectivity index (χ1v) is 5.72. The summed E-state index contributed by atoms with van der Waals surface area (Å²) in [6.45, 7) is 1.70. The predicted octanol–water partition coefficient (Wildman–Crippen LogP) is 2.30. The minimum Gasteiger partial charge on any atom is -0.492 e. The Labute approximate surface area is 112 Å². The summed E-state index contributed by atoms with van der Waals surface area (Å²) in [5.41, 5.74) is -0.508. The molecular formula is C13H10F2N2O3. The molecule has 104 valence electrons. The monoisotopic (exact) mass is 280 g/mol. The van der Waals surface area contributed by atoms with Gasteiger partial charge in [-0.25, -0.2) is 13.6 Å². The molecule has 0 radical (unpaired) electrons. The molecule has 1 aromatic carbocycles. The molecular weight excluding hydrogens is 270 g/mol. The molecule has 0 saturated carbocycles. The van der Waals surface area contributed by atoms with Crippen LogP contribution in [-0.2, 0) is 4.74 Å². The van der Waals surface area contributed by atoms with Crippen LogP contribution in [0.2, 0.25) is 0 Å². The molecule has 0 aliphatic carbocycles. The van der Waals surface area contributed by atoms with Gasteiger partial charge in [-0.15, -0.1) is 10.2 Å². The minimum absolute atomic E-state index is 0.0807. The highest BCUT2D eigenvalue weighted by Gasteiger charge is 2.18. The molecule has 0 saturated heterocycles. The molecule has 0 fully saturated rings. The Bertz CT molecular complexity index is 662. The molecule has 2 rings (SSSR count). The van der Waals surface area contributed by atoms with Crippen LogP contribution in [0, 0.1) is 11.6 Å². The lowest BCUT2D eigenvalue weighted by molar-refractivity contribution is 0.0522. The SMILES string of the molecule is CCOC(=O)c1cc(-c2cccc(F)c2F)nnc1O. The molecule has 0 amide bonds. The third-order valence-corrected chi connectivity index (χ3v) is 2.50. The summed E-state index contributed by atoms with van der Waals surface area (Å²) in [6.07, 6.45) is 0. The molecule has 0 spiro atoms. The molecule has 0 bridgehead atoms. The number of carbonyl (C=O) groups excluding carboxylic acids is 1. The van der Waals surface area contributed by atoms with Gasteiger partial charge < -0.3 is 9.84 Å². The Morgan fingerprint density at radius 2 is 2.10 bits per heavy atom. The van der Waals surface area contributed by atoms with Crippen LogP contribution in [0.5, 0.6) is 5.88 Å². The summed E-state index contributed by atoms with van der Waals surface area (Å²) in [5.74, 6) is -3.61. The lowest BCUT2D eigenvalue weighted by atomic mass is 10.1. The summed E-state index contributed by atoms with van der Waals surface area (Å²) in [5, 5.41) is 16.3. The van der Waals surface area contributed by atoms with Crippen molar-refractivity contribution in [2.24, 2.45) is 0 Å². The second kappa shape index (κ2) is 5.60. The molecule has 20 heavy (non-hydrogen) atoms. The number of halogens is 2. The van der Waals surface area contributed by atoms with Crippen LogP contribution in [0.15, 0.2) is 24.3 Å². The smallest absolute Gasteiger partial charge is 0.343 e. The lowest BCUT2D eigenvalue weighted by Gasteiger charge is -2.06. The number of hydrogen-bond donors (Lipinski definition) is 1. The molecule has 0 unspecified atom stereocenters. The van der Waals surface area contributed by atoms with Crippen LogP contribution in [-0.4, -0.2) is 27.9 Å². The zero-order chi connectivity index (χ0) is 14.7. The maximum Gasteiger partial charge on any atom is 0.343 e. The second-order valence-corrected chi connectivity index (χ2v) is 3.79. The highest BCUT2D eigenvalue weighted by molar-refractivity contribution is 5.92. The normalized spacial score (nSPS) is 10.3. The van der Waals surface area contributed by atoms with Crippen molar-refractivity contribution in [3.63, 3.8) is 0 Å². The van der Waals surface area contributed by atoms with Crippen molar-refractivity contribution in [3.8, 4) is 17.1 Å². The van der Waals surface area contributed by atoms with E-state index in [4.69, 9.17) is 4.74 Å². The number of rotatable bonds is 3. The van der Waals surface area contributed by atoms with Crippen LogP contribution < -0.4 is 0 Å². The largest absolute Gasteiger partial charge is 0.492 e. The molecule has 2 aromatic rings. The van der Waals surface area contributed by atoms with E-state index in [0.717, 1.165) is 12.1 Å². The van der Waals surface area contributed by atoms with E-state index in [0.29, 0.717) is 0 Å². The quantitative estimate of drug-likeness (QED) is 0.873. The molecule has 5 nitrogen and oxygen atoms in total. The average molecular weight is 280 g/mol. The predicted molar refractivity (Wildman–Crippen MR) is 65.0 cm³/mol. The maximum atomic E-state index is 13.6. The van der Waals surface area contributed by atoms with Crippen molar-refractivity contribution < 1.29 is 23.4 Å². The van der Waals surface area contributed by atoms with Crippen molar-refractivity contribution in [1.29, 1.82) is 0 Å². The Balaban J connectivity index is 2.51. The highest BCUT2D eigenvalue weighted by Crippen LogP contribution is 2.25. The van der Waals surface area contributed by atoms with Crippen molar-refractivity contribution in [1.82, 2.24) is 10.2 Å². The van der Waals surface area contributed by atoms with Crippen LogP contribution in [0.1, 0.15) is 17.3 Å². The Morgan fingerprint density at radius 1 is 1.35 bits per heavy atom. The van der Waals surface area contributed by atoms with E-state index in [1.165, 1.54) is 12.1 Å². The van der Waals surface area contributed by atoms with Crippen LogP contribution in [0.3, 0.4) is 0 Å². The minimum atomic E-state index is -1.11. The standard InChI is InChI=1S/C13H10F2N2O3/c1-2-20-13(19)8-6-10(16-17-12(8)18)7-4-3-5-9(14)11(7)15/h3-6H,2H2,1H3,(H,17,18). The van der Waals surface area contributed by atoms with E-state index in [1.54, 1.807) is 6.92 Å². The van der Waals surface area contributed by atoms with Gasteiger partial charge in [0.15, 0.2) is 11.6 Å². The van der Waals surface area contributed by atoms with Gasteiger partial charge in [0.2, 0.25) is 5.88 Å². The number of hydrogen-bond acceptors (Lipinski definition) is 5. The van der Waals surface area contributed by atoms with E-state index in [1.807, 2.05) is 0 Å². The summed E-state index contributed by atoms with van der Waals surface area (Å²) in [7, 11) is 0. The topological polar surface area (TPSA) is 72.3 Å². The van der Waals surface area contributed by atoms with Crippen molar-refractivity contribution in [2.45, 2.75) is 6.92 Å². The molecule has 1 heterocycles. The van der Waals surface area contributed by atoms with E-state index < -0.39 is 23.5 Å². The van der Waals surface area contributed by atoms with E-state index in [2.05, 4.69) is 10.2 Å². The Kier molecular flexibility index (Phi) is 3.88. The van der Waals surface area contributed by atoms with Crippen LogP contribution in [0.4, 0.5) is 8.78 Å². The molecule has 1 aromatic heterocycles. The number of esters is 1. The van der Waals surface area contributed by atoms with Crippen LogP contribution >= 0.6 is 0 Å². The van der Waals surface area contributed by atoms with Gasteiger partial charge in [0, 0.05) is 5.56 Å². The van der Waals surface area contributed by atoms with Crippen molar-refractivity contribution in [2.75, 3.05) is 6.61 Å². The van der Waals surface area contributed by atoms with Gasteiger partial charge in [0.25, 0.3) is 0 Å². The number of carbonyl (C=O) groups is 1. The average Bonchev–Trinajstić information content (AvgIpc) is 2.43. The fourth-order valence-corrected chi connectivity index (χ4v) is 1.58. The molecule has 7 heteroatoms. The van der Waals surface area contributed by atoms with Gasteiger partial charge in [0.05, 0.1) is 12.3 Å². The molecule has 0 atom stereocenters. The lowest BCUT2D eigenvalue weighted by Crippen LogP contribution is -2.07. The van der Waals surface area contributed by atoms with Crippen LogP contribution in [0.25, 0.3) is 11.3 Å². The van der Waals surface area contributed by atoms with Gasteiger partial charge in [-0.05, 0) is 25.1 Å². The van der Waals surface area contributed by atoms with E-state index in [9.17, 15) is 18.7 Å². The van der Waals surface area contributed by atoms with Gasteiger partial charge >= 0.3 is 5.97 Å². The van der Waals surface area contributed by atoms with E-state index in [-0.39, 0.29) is 23.4 Å². The third kappa shape index (κ3) is 2.56. The highest BCUT2D eigenvalue weighted by atomic mass is 19.2. The molecule has 1 N–H and O–H groups in total. The van der Waals surface area contributed by atoms with E-state index >= 15 is 0 Å². The fourth-order valence-electron chi connectivity index (χ4n) is 1.58. The van der Waals surface area contributed by atoms with Gasteiger partial charge in [-0.3, -0.25) is 0 Å². The zero-order valence-electron chi connectivity index (χ0n) is 10.4. The number of aromatic nitrogens is 2. The fraction of sp³-hybridized carbons (Fsp3) is 0.154. The first kappa shape index (κ1) is 13.9. The molecule has 0 aliphatic rings. The third-order valence-electron chi connectivity index (χ3n) is 2.50. The molecule has 0 aliphatic heterocycles.